The summed E-state index contributed by atoms with van der Waals surface area (Å²) < 4.78 is 0.954. The lowest BCUT2D eigenvalue weighted by molar-refractivity contribution is -0.140. The van der Waals surface area contributed by atoms with E-state index in [1.165, 1.54) is 0 Å². The molecule has 1 amide bonds. The third-order valence-corrected chi connectivity index (χ3v) is 3.08. The lowest BCUT2D eigenvalue weighted by Crippen LogP contribution is -2.41. The van der Waals surface area contributed by atoms with Crippen LogP contribution in [0.1, 0.15) is 23.2 Å². The number of benzene rings is 1. The Bertz CT molecular complexity index is 485. The maximum absolute atomic E-state index is 11.8. The van der Waals surface area contributed by atoms with Crippen molar-refractivity contribution in [1.29, 1.82) is 0 Å². The van der Waals surface area contributed by atoms with Crippen molar-refractivity contribution in [3.05, 3.63) is 33.4 Å². The van der Waals surface area contributed by atoms with Crippen LogP contribution in [-0.4, -0.2) is 34.1 Å². The minimum absolute atomic E-state index is 0.152. The highest BCUT2D eigenvalue weighted by molar-refractivity contribution is 14.1. The van der Waals surface area contributed by atoms with Gasteiger partial charge in [0.2, 0.25) is 0 Å². The first kappa shape index (κ1) is 15.4. The number of rotatable bonds is 6. The Kier molecular flexibility index (Phi) is 5.74. The molecule has 0 heterocycles. The molecule has 3 N–H and O–H groups in total. The molecular formula is C12H12INO5. The van der Waals surface area contributed by atoms with Gasteiger partial charge in [0.15, 0.2) is 0 Å². The molecule has 0 aliphatic heterocycles. The van der Waals surface area contributed by atoms with Crippen molar-refractivity contribution in [3.63, 3.8) is 0 Å². The van der Waals surface area contributed by atoms with Crippen LogP contribution in [0.25, 0.3) is 0 Å². The van der Waals surface area contributed by atoms with E-state index in [1.807, 2.05) is 0 Å². The molecule has 1 aromatic carbocycles. The van der Waals surface area contributed by atoms with Gasteiger partial charge in [0.25, 0.3) is 5.91 Å². The number of carbonyl (C=O) groups excluding carboxylic acids is 1. The van der Waals surface area contributed by atoms with Crippen LogP contribution in [0.15, 0.2) is 24.3 Å². The number of carboxylic acid groups (broad SMARTS) is 2. The zero-order valence-corrected chi connectivity index (χ0v) is 12.0. The van der Waals surface area contributed by atoms with Crippen molar-refractivity contribution >= 4 is 40.4 Å². The Morgan fingerprint density at radius 1 is 1.16 bits per heavy atom. The van der Waals surface area contributed by atoms with Gasteiger partial charge in [0.1, 0.15) is 6.04 Å². The van der Waals surface area contributed by atoms with E-state index in [1.54, 1.807) is 24.3 Å². The van der Waals surface area contributed by atoms with Gasteiger partial charge in [-0.3, -0.25) is 9.59 Å². The number of nitrogens with one attached hydrogen (secondary N) is 1. The predicted molar refractivity (Wildman–Crippen MR) is 74.9 cm³/mol. The molecule has 0 aliphatic carbocycles. The molecule has 1 rings (SSSR count). The fourth-order valence-electron chi connectivity index (χ4n) is 1.37. The number of carbonyl (C=O) groups is 3. The summed E-state index contributed by atoms with van der Waals surface area (Å²) in [7, 11) is 0. The van der Waals surface area contributed by atoms with Gasteiger partial charge < -0.3 is 15.5 Å². The summed E-state index contributed by atoms with van der Waals surface area (Å²) in [5.41, 5.74) is 0.335. The molecule has 0 saturated heterocycles. The van der Waals surface area contributed by atoms with E-state index < -0.39 is 23.9 Å². The SMILES string of the molecule is O=C(O)CCC(NC(=O)c1ccc(I)cc1)C(=O)O. The number of halogens is 1. The average Bonchev–Trinajstić information content (AvgIpc) is 2.34. The van der Waals surface area contributed by atoms with Crippen molar-refractivity contribution in [1.82, 2.24) is 5.32 Å². The Balaban J connectivity index is 2.68. The molecular weight excluding hydrogens is 365 g/mol. The average molecular weight is 377 g/mol. The zero-order valence-electron chi connectivity index (χ0n) is 9.80. The smallest absolute Gasteiger partial charge is 0.326 e. The van der Waals surface area contributed by atoms with E-state index >= 15 is 0 Å². The lowest BCUT2D eigenvalue weighted by Gasteiger charge is -2.13. The number of carboxylic acids is 2. The van der Waals surface area contributed by atoms with Crippen LogP contribution in [0, 0.1) is 3.57 Å². The monoisotopic (exact) mass is 377 g/mol. The maximum atomic E-state index is 11.8. The van der Waals surface area contributed by atoms with Crippen LogP contribution in [0.4, 0.5) is 0 Å². The van der Waals surface area contributed by atoms with E-state index in [9.17, 15) is 14.4 Å². The fraction of sp³-hybridized carbons (Fsp3) is 0.250. The van der Waals surface area contributed by atoms with Crippen molar-refractivity contribution in [3.8, 4) is 0 Å². The number of amides is 1. The molecule has 0 fully saturated rings. The number of hydrogen-bond donors (Lipinski definition) is 3. The summed E-state index contributed by atoms with van der Waals surface area (Å²) in [5.74, 6) is -2.89. The van der Waals surface area contributed by atoms with Crippen molar-refractivity contribution in [2.75, 3.05) is 0 Å². The van der Waals surface area contributed by atoms with E-state index in [0.29, 0.717) is 5.56 Å². The van der Waals surface area contributed by atoms with Gasteiger partial charge in [0, 0.05) is 15.6 Å². The molecule has 102 valence electrons. The molecule has 0 saturated carbocycles. The largest absolute Gasteiger partial charge is 0.481 e. The highest BCUT2D eigenvalue weighted by Gasteiger charge is 2.21. The molecule has 7 heteroatoms. The summed E-state index contributed by atoms with van der Waals surface area (Å²) >= 11 is 2.09. The number of hydrogen-bond acceptors (Lipinski definition) is 3. The first-order chi connectivity index (χ1) is 8.90. The first-order valence-electron chi connectivity index (χ1n) is 5.41. The topological polar surface area (TPSA) is 104 Å². The Morgan fingerprint density at radius 2 is 1.74 bits per heavy atom. The van der Waals surface area contributed by atoms with E-state index in [2.05, 4.69) is 27.9 Å². The Hall–Kier alpha value is -1.64. The van der Waals surface area contributed by atoms with Crippen LogP contribution in [-0.2, 0) is 9.59 Å². The molecule has 0 spiro atoms. The van der Waals surface area contributed by atoms with Gasteiger partial charge in [-0.15, -0.1) is 0 Å². The molecule has 1 atom stereocenters. The van der Waals surface area contributed by atoms with Gasteiger partial charge >= 0.3 is 11.9 Å². The van der Waals surface area contributed by atoms with E-state index in [4.69, 9.17) is 10.2 Å². The molecule has 6 nitrogen and oxygen atoms in total. The standard InChI is InChI=1S/C12H12INO5/c13-8-3-1-7(2-4-8)11(17)14-9(12(18)19)5-6-10(15)16/h1-4,9H,5-6H2,(H,14,17)(H,15,16)(H,18,19). The zero-order chi connectivity index (χ0) is 14.4. The fourth-order valence-corrected chi connectivity index (χ4v) is 1.73. The molecule has 1 unspecified atom stereocenters. The highest BCUT2D eigenvalue weighted by Crippen LogP contribution is 2.07. The second kappa shape index (κ2) is 7.07. The van der Waals surface area contributed by atoms with E-state index in [-0.39, 0.29) is 12.8 Å². The molecule has 0 aromatic heterocycles. The number of aliphatic carboxylic acids is 2. The molecule has 0 aliphatic rings. The molecule has 19 heavy (non-hydrogen) atoms. The van der Waals surface area contributed by atoms with Crippen LogP contribution in [0.3, 0.4) is 0 Å². The summed E-state index contributed by atoms with van der Waals surface area (Å²) in [6, 6.07) is 5.40. The third kappa shape index (κ3) is 5.25. The summed E-state index contributed by atoms with van der Waals surface area (Å²) in [5, 5.41) is 19.7. The first-order valence-corrected chi connectivity index (χ1v) is 6.49. The summed E-state index contributed by atoms with van der Waals surface area (Å²) in [4.78, 5) is 33.1. The molecule has 0 bridgehead atoms. The van der Waals surface area contributed by atoms with Gasteiger partial charge in [-0.2, -0.15) is 0 Å². The normalized spacial score (nSPS) is 11.6. The summed E-state index contributed by atoms with van der Waals surface area (Å²) in [6.07, 6.45) is -0.468. The van der Waals surface area contributed by atoms with E-state index in [0.717, 1.165) is 3.57 Å². The van der Waals surface area contributed by atoms with Gasteiger partial charge in [0.05, 0.1) is 0 Å². The Morgan fingerprint density at radius 3 is 2.21 bits per heavy atom. The van der Waals surface area contributed by atoms with Crippen molar-refractivity contribution in [2.45, 2.75) is 18.9 Å². The van der Waals surface area contributed by atoms with Crippen LogP contribution >= 0.6 is 22.6 Å². The van der Waals surface area contributed by atoms with Crippen molar-refractivity contribution < 1.29 is 24.6 Å². The third-order valence-electron chi connectivity index (χ3n) is 2.36. The minimum atomic E-state index is -1.25. The van der Waals surface area contributed by atoms with Crippen LogP contribution in [0.2, 0.25) is 0 Å². The second-order valence-electron chi connectivity index (χ2n) is 3.80. The highest BCUT2D eigenvalue weighted by atomic mass is 127. The van der Waals surface area contributed by atoms with Crippen LogP contribution < -0.4 is 5.32 Å². The quantitative estimate of drug-likeness (QED) is 0.650. The van der Waals surface area contributed by atoms with Crippen molar-refractivity contribution in [2.24, 2.45) is 0 Å². The Labute approximate surface area is 123 Å². The van der Waals surface area contributed by atoms with Gasteiger partial charge in [-0.05, 0) is 53.3 Å². The predicted octanol–water partition coefficient (Wildman–Crippen LogP) is 1.34. The second-order valence-corrected chi connectivity index (χ2v) is 5.05. The maximum Gasteiger partial charge on any atom is 0.326 e. The lowest BCUT2D eigenvalue weighted by atomic mass is 10.1. The molecule has 0 radical (unpaired) electrons. The van der Waals surface area contributed by atoms with Crippen LogP contribution in [0.5, 0.6) is 0 Å². The minimum Gasteiger partial charge on any atom is -0.481 e. The molecule has 1 aromatic rings. The van der Waals surface area contributed by atoms with Gasteiger partial charge in [-0.1, -0.05) is 0 Å². The van der Waals surface area contributed by atoms with Gasteiger partial charge in [-0.25, -0.2) is 4.79 Å². The summed E-state index contributed by atoms with van der Waals surface area (Å²) in [6.45, 7) is 0.